The Hall–Kier alpha value is -0.410. The van der Waals surface area contributed by atoms with E-state index >= 15 is 0 Å². The van der Waals surface area contributed by atoms with Gasteiger partial charge in [0.15, 0.2) is 5.49 Å². The molecule has 10 heavy (non-hydrogen) atoms. The van der Waals surface area contributed by atoms with Gasteiger partial charge in [-0.1, -0.05) is 30.4 Å². The second-order valence-electron chi connectivity index (χ2n) is 1.71. The van der Waals surface area contributed by atoms with Crippen molar-refractivity contribution in [1.29, 1.82) is 0 Å². The molecule has 0 fully saturated rings. The van der Waals surface area contributed by atoms with Crippen LogP contribution in [-0.4, -0.2) is 5.49 Å². The summed E-state index contributed by atoms with van der Waals surface area (Å²) in [5, 5.41) is 0. The molecule has 0 aliphatic carbocycles. The van der Waals surface area contributed by atoms with E-state index in [0.717, 1.165) is 5.69 Å². The fourth-order valence-electron chi connectivity index (χ4n) is 0.612. The van der Waals surface area contributed by atoms with Gasteiger partial charge < -0.3 is 0 Å². The summed E-state index contributed by atoms with van der Waals surface area (Å²) in [5.74, 6) is 0. The van der Waals surface area contributed by atoms with Gasteiger partial charge in [-0.25, -0.2) is 0 Å². The molecule has 0 unspecified atom stereocenters. The standard InChI is InChI=1S/C7H5BrNS/c8-9(6-10)7-4-2-1-3-5-7/h1-5H. The number of para-hydroxylation sites is 1. The number of hydrogen-bond donors (Lipinski definition) is 0. The van der Waals surface area contributed by atoms with E-state index in [1.54, 1.807) is 3.93 Å². The predicted molar refractivity (Wildman–Crippen MR) is 50.4 cm³/mol. The first kappa shape index (κ1) is 7.69. The summed E-state index contributed by atoms with van der Waals surface area (Å²) in [5.41, 5.74) is 3.50. The second kappa shape index (κ2) is 3.68. The lowest BCUT2D eigenvalue weighted by Crippen LogP contribution is -2.02. The van der Waals surface area contributed by atoms with E-state index in [2.05, 4.69) is 33.9 Å². The van der Waals surface area contributed by atoms with Crippen molar-refractivity contribution in [2.75, 3.05) is 3.93 Å². The molecule has 0 saturated carbocycles. The summed E-state index contributed by atoms with van der Waals surface area (Å²) in [6, 6.07) is 9.71. The maximum Gasteiger partial charge on any atom is 0.152 e. The maximum absolute atomic E-state index is 4.59. The summed E-state index contributed by atoms with van der Waals surface area (Å²) in [6.45, 7) is 0. The largest absolute Gasteiger partial charge is 0.264 e. The number of hydrogen-bond acceptors (Lipinski definition) is 1. The molecule has 0 saturated heterocycles. The van der Waals surface area contributed by atoms with Crippen molar-refractivity contribution in [3.8, 4) is 0 Å². The van der Waals surface area contributed by atoms with Crippen molar-refractivity contribution in [3.63, 3.8) is 0 Å². The zero-order valence-corrected chi connectivity index (χ0v) is 7.52. The van der Waals surface area contributed by atoms with Gasteiger partial charge in [-0.05, 0) is 12.1 Å². The molecule has 51 valence electrons. The van der Waals surface area contributed by atoms with Gasteiger partial charge in [0, 0.05) is 0 Å². The summed E-state index contributed by atoms with van der Waals surface area (Å²) >= 11 is 7.79. The van der Waals surface area contributed by atoms with E-state index in [1.165, 1.54) is 0 Å². The summed E-state index contributed by atoms with van der Waals surface area (Å²) in [6.07, 6.45) is 0. The summed E-state index contributed by atoms with van der Waals surface area (Å²) < 4.78 is 1.59. The third kappa shape index (κ3) is 1.78. The van der Waals surface area contributed by atoms with Crippen LogP contribution in [0.2, 0.25) is 0 Å². The van der Waals surface area contributed by atoms with Crippen molar-refractivity contribution < 1.29 is 0 Å². The highest BCUT2D eigenvalue weighted by molar-refractivity contribution is 9.10. The first-order valence-electron chi connectivity index (χ1n) is 2.73. The molecule has 0 aromatic heterocycles. The number of benzene rings is 1. The highest BCUT2D eigenvalue weighted by Gasteiger charge is 1.94. The monoisotopic (exact) mass is 214 g/mol. The first-order valence-corrected chi connectivity index (χ1v) is 3.85. The lowest BCUT2D eigenvalue weighted by molar-refractivity contribution is 1.59. The lowest BCUT2D eigenvalue weighted by Gasteiger charge is -2.06. The molecule has 1 aromatic carbocycles. The predicted octanol–water partition coefficient (Wildman–Crippen LogP) is 2.64. The SMILES string of the molecule is S=[C]N(Br)c1ccccc1. The fourth-order valence-corrected chi connectivity index (χ4v) is 0.953. The molecule has 0 aliphatic rings. The topological polar surface area (TPSA) is 3.24 Å². The van der Waals surface area contributed by atoms with Crippen LogP contribution in [0.25, 0.3) is 0 Å². The van der Waals surface area contributed by atoms with Crippen LogP contribution in [0.1, 0.15) is 0 Å². The number of rotatable bonds is 2. The molecule has 1 nitrogen and oxygen atoms in total. The first-order chi connectivity index (χ1) is 4.84. The van der Waals surface area contributed by atoms with Gasteiger partial charge in [-0.3, -0.25) is 3.93 Å². The minimum atomic E-state index is 0.984. The third-order valence-corrected chi connectivity index (χ3v) is 2.07. The van der Waals surface area contributed by atoms with Crippen LogP contribution in [0.15, 0.2) is 30.3 Å². The Bertz CT molecular complexity index is 212. The van der Waals surface area contributed by atoms with Crippen LogP contribution < -0.4 is 3.93 Å². The Morgan fingerprint density at radius 2 is 1.90 bits per heavy atom. The Morgan fingerprint density at radius 3 is 2.40 bits per heavy atom. The van der Waals surface area contributed by atoms with Gasteiger partial charge in [0.2, 0.25) is 0 Å². The number of nitrogens with zero attached hydrogens (tertiary/aromatic N) is 1. The average molecular weight is 215 g/mol. The van der Waals surface area contributed by atoms with E-state index in [1.807, 2.05) is 30.3 Å². The van der Waals surface area contributed by atoms with Crippen LogP contribution in [0.3, 0.4) is 0 Å². The van der Waals surface area contributed by atoms with Crippen LogP contribution in [-0.2, 0) is 0 Å². The van der Waals surface area contributed by atoms with Gasteiger partial charge in [0.1, 0.15) is 0 Å². The van der Waals surface area contributed by atoms with E-state index < -0.39 is 0 Å². The quantitative estimate of drug-likeness (QED) is 0.424. The second-order valence-corrected chi connectivity index (χ2v) is 2.60. The molecule has 0 amide bonds. The number of thiocarbonyl (C=S) groups is 1. The molecule has 0 heterocycles. The Kier molecular flexibility index (Phi) is 2.83. The molecule has 1 aromatic rings. The van der Waals surface area contributed by atoms with Gasteiger partial charge in [-0.15, -0.1) is 0 Å². The normalized spacial score (nSPS) is 8.90. The van der Waals surface area contributed by atoms with Crippen LogP contribution >= 0.6 is 28.4 Å². The van der Waals surface area contributed by atoms with Gasteiger partial charge in [-0.2, -0.15) is 0 Å². The van der Waals surface area contributed by atoms with Crippen LogP contribution in [0.5, 0.6) is 0 Å². The van der Waals surface area contributed by atoms with Crippen molar-refractivity contribution in [2.24, 2.45) is 0 Å². The third-order valence-electron chi connectivity index (χ3n) is 1.06. The Balaban J connectivity index is 2.84. The highest BCUT2D eigenvalue weighted by Crippen LogP contribution is 2.14. The van der Waals surface area contributed by atoms with Crippen LogP contribution in [0, 0.1) is 0 Å². The molecule has 0 spiro atoms. The Morgan fingerprint density at radius 1 is 1.30 bits per heavy atom. The van der Waals surface area contributed by atoms with Crippen molar-refractivity contribution in [3.05, 3.63) is 30.3 Å². The van der Waals surface area contributed by atoms with E-state index in [4.69, 9.17) is 0 Å². The lowest BCUT2D eigenvalue weighted by atomic mass is 10.3. The smallest absolute Gasteiger partial charge is 0.152 e. The van der Waals surface area contributed by atoms with E-state index in [9.17, 15) is 0 Å². The minimum absolute atomic E-state index is 0.984. The zero-order valence-electron chi connectivity index (χ0n) is 5.12. The average Bonchev–Trinajstić information content (AvgIpc) is 2.05. The number of halogens is 1. The molecule has 0 aliphatic heterocycles. The Labute approximate surface area is 74.0 Å². The van der Waals surface area contributed by atoms with Gasteiger partial charge in [0.25, 0.3) is 0 Å². The van der Waals surface area contributed by atoms with Crippen LogP contribution in [0.4, 0.5) is 5.69 Å². The number of anilines is 1. The molecule has 1 rings (SSSR count). The minimum Gasteiger partial charge on any atom is -0.264 e. The van der Waals surface area contributed by atoms with E-state index in [-0.39, 0.29) is 0 Å². The van der Waals surface area contributed by atoms with Gasteiger partial charge in [0.05, 0.1) is 21.8 Å². The molecule has 0 atom stereocenters. The molecule has 3 heteroatoms. The fraction of sp³-hybridized carbons (Fsp3) is 0. The van der Waals surface area contributed by atoms with Crippen molar-refractivity contribution in [1.82, 2.24) is 0 Å². The molecular formula is C7H5BrNS. The highest BCUT2D eigenvalue weighted by atomic mass is 79.9. The molecule has 0 bridgehead atoms. The van der Waals surface area contributed by atoms with Crippen molar-refractivity contribution in [2.45, 2.75) is 0 Å². The zero-order chi connectivity index (χ0) is 7.40. The van der Waals surface area contributed by atoms with Gasteiger partial charge >= 0.3 is 0 Å². The summed E-state index contributed by atoms with van der Waals surface area (Å²) in [7, 11) is 0. The molecule has 0 N–H and O–H groups in total. The van der Waals surface area contributed by atoms with Crippen molar-refractivity contribution >= 4 is 39.5 Å². The maximum atomic E-state index is 4.59. The van der Waals surface area contributed by atoms with E-state index in [0.29, 0.717) is 0 Å². The summed E-state index contributed by atoms with van der Waals surface area (Å²) in [4.78, 5) is 0. The molecule has 1 radical (unpaired) electrons. The molecular weight excluding hydrogens is 210 g/mol.